The van der Waals surface area contributed by atoms with Crippen molar-refractivity contribution in [2.75, 3.05) is 5.73 Å². The molecule has 2 N–H and O–H groups in total. The summed E-state index contributed by atoms with van der Waals surface area (Å²) < 4.78 is 1.44. The number of hydrogen-bond donors (Lipinski definition) is 1. The summed E-state index contributed by atoms with van der Waals surface area (Å²) in [4.78, 5) is 3.79. The van der Waals surface area contributed by atoms with Crippen LogP contribution in [0.4, 0.5) is 5.95 Å². The smallest absolute Gasteiger partial charge is 0.223 e. The van der Waals surface area contributed by atoms with E-state index in [2.05, 4.69) is 10.1 Å². The van der Waals surface area contributed by atoms with Crippen molar-refractivity contribution in [3.05, 3.63) is 34.6 Å². The van der Waals surface area contributed by atoms with Crippen molar-refractivity contribution in [3.63, 3.8) is 0 Å². The first-order chi connectivity index (χ1) is 6.68. The van der Waals surface area contributed by atoms with E-state index in [0.29, 0.717) is 15.7 Å². The first-order valence-electron chi connectivity index (χ1n) is 3.79. The molecule has 1 aromatic carbocycles. The lowest BCUT2D eigenvalue weighted by Gasteiger charge is -2.04. The maximum atomic E-state index is 5.96. The van der Waals surface area contributed by atoms with Crippen molar-refractivity contribution < 1.29 is 0 Å². The molecule has 4 nitrogen and oxygen atoms in total. The van der Waals surface area contributed by atoms with Gasteiger partial charge in [-0.25, -0.2) is 0 Å². The van der Waals surface area contributed by atoms with E-state index >= 15 is 0 Å². The Labute approximate surface area is 90.3 Å². The van der Waals surface area contributed by atoms with E-state index in [4.69, 9.17) is 28.9 Å². The molecule has 1 aromatic heterocycles. The van der Waals surface area contributed by atoms with Gasteiger partial charge in [0, 0.05) is 5.02 Å². The maximum absolute atomic E-state index is 5.96. The second-order valence-electron chi connectivity index (χ2n) is 2.63. The van der Waals surface area contributed by atoms with Gasteiger partial charge in [0.25, 0.3) is 0 Å². The van der Waals surface area contributed by atoms with E-state index in [1.807, 2.05) is 0 Å². The lowest BCUT2D eigenvalue weighted by Crippen LogP contribution is -2.02. The van der Waals surface area contributed by atoms with Gasteiger partial charge in [0.15, 0.2) is 0 Å². The third kappa shape index (κ3) is 1.54. The van der Waals surface area contributed by atoms with Crippen LogP contribution in [0.5, 0.6) is 0 Å². The Morgan fingerprint density at radius 3 is 2.64 bits per heavy atom. The number of nitrogens with two attached hydrogens (primary N) is 1. The predicted molar refractivity (Wildman–Crippen MR) is 55.8 cm³/mol. The average Bonchev–Trinajstić information content (AvgIpc) is 2.52. The topological polar surface area (TPSA) is 56.7 Å². The van der Waals surface area contributed by atoms with Gasteiger partial charge < -0.3 is 5.73 Å². The number of halogens is 2. The molecule has 0 spiro atoms. The van der Waals surface area contributed by atoms with Gasteiger partial charge in [0.05, 0.1) is 10.7 Å². The zero-order chi connectivity index (χ0) is 10.1. The van der Waals surface area contributed by atoms with E-state index < -0.39 is 0 Å². The number of nitrogen functional groups attached to an aromatic ring is 1. The van der Waals surface area contributed by atoms with Gasteiger partial charge in [0.1, 0.15) is 6.33 Å². The van der Waals surface area contributed by atoms with Gasteiger partial charge in [-0.1, -0.05) is 23.2 Å². The van der Waals surface area contributed by atoms with Crippen LogP contribution in [0.3, 0.4) is 0 Å². The average molecular weight is 229 g/mol. The van der Waals surface area contributed by atoms with Crippen molar-refractivity contribution in [3.8, 4) is 5.69 Å². The number of hydrogen-bond acceptors (Lipinski definition) is 3. The fraction of sp³-hybridized carbons (Fsp3) is 0. The SMILES string of the molecule is Nc1ncnn1-c1ccc(Cl)cc1Cl. The van der Waals surface area contributed by atoms with Gasteiger partial charge in [-0.2, -0.15) is 14.8 Å². The molecule has 0 saturated heterocycles. The summed E-state index contributed by atoms with van der Waals surface area (Å²) in [5, 5.41) is 4.98. The molecule has 0 aliphatic carbocycles. The van der Waals surface area contributed by atoms with Crippen LogP contribution in [-0.4, -0.2) is 14.8 Å². The van der Waals surface area contributed by atoms with Crippen LogP contribution in [0.15, 0.2) is 24.5 Å². The quantitative estimate of drug-likeness (QED) is 0.814. The molecule has 0 aliphatic heterocycles. The Bertz CT molecular complexity index is 466. The first-order valence-corrected chi connectivity index (χ1v) is 4.55. The largest absolute Gasteiger partial charge is 0.368 e. The molecule has 1 heterocycles. The molecule has 2 rings (SSSR count). The summed E-state index contributed by atoms with van der Waals surface area (Å²) in [6, 6.07) is 5.07. The number of nitrogens with zero attached hydrogens (tertiary/aromatic N) is 3. The van der Waals surface area contributed by atoms with Crippen molar-refractivity contribution in [1.82, 2.24) is 14.8 Å². The lowest BCUT2D eigenvalue weighted by molar-refractivity contribution is 0.891. The summed E-state index contributed by atoms with van der Waals surface area (Å²) >= 11 is 11.7. The van der Waals surface area contributed by atoms with Crippen molar-refractivity contribution in [1.29, 1.82) is 0 Å². The third-order valence-electron chi connectivity index (χ3n) is 1.71. The molecule has 0 radical (unpaired) electrons. The Balaban J connectivity index is 2.58. The van der Waals surface area contributed by atoms with Gasteiger partial charge >= 0.3 is 0 Å². The number of aromatic nitrogens is 3. The second-order valence-corrected chi connectivity index (χ2v) is 3.47. The normalized spacial score (nSPS) is 10.4. The van der Waals surface area contributed by atoms with Gasteiger partial charge in [-0.15, -0.1) is 0 Å². The summed E-state index contributed by atoms with van der Waals surface area (Å²) in [5.74, 6) is 0.286. The number of benzene rings is 1. The molecule has 0 atom stereocenters. The maximum Gasteiger partial charge on any atom is 0.223 e. The minimum atomic E-state index is 0.286. The highest BCUT2D eigenvalue weighted by atomic mass is 35.5. The Kier molecular flexibility index (Phi) is 2.31. The van der Waals surface area contributed by atoms with E-state index in [0.717, 1.165) is 0 Å². The Morgan fingerprint density at radius 2 is 2.07 bits per heavy atom. The minimum Gasteiger partial charge on any atom is -0.368 e. The molecule has 0 aliphatic rings. The highest BCUT2D eigenvalue weighted by Gasteiger charge is 2.07. The van der Waals surface area contributed by atoms with Crippen molar-refractivity contribution >= 4 is 29.2 Å². The lowest BCUT2D eigenvalue weighted by atomic mass is 10.3. The third-order valence-corrected chi connectivity index (χ3v) is 2.25. The predicted octanol–water partition coefficient (Wildman–Crippen LogP) is 2.16. The molecule has 0 unspecified atom stereocenters. The Morgan fingerprint density at radius 1 is 1.29 bits per heavy atom. The van der Waals surface area contributed by atoms with E-state index in [9.17, 15) is 0 Å². The monoisotopic (exact) mass is 228 g/mol. The highest BCUT2D eigenvalue weighted by Crippen LogP contribution is 2.24. The molecular weight excluding hydrogens is 223 g/mol. The molecule has 0 bridgehead atoms. The Hall–Kier alpha value is -1.26. The second kappa shape index (κ2) is 3.48. The van der Waals surface area contributed by atoms with Gasteiger partial charge in [-0.05, 0) is 18.2 Å². The zero-order valence-electron chi connectivity index (χ0n) is 6.98. The molecule has 0 fully saturated rings. The summed E-state index contributed by atoms with van der Waals surface area (Å²) in [5.41, 5.74) is 6.24. The minimum absolute atomic E-state index is 0.286. The zero-order valence-corrected chi connectivity index (χ0v) is 8.50. The van der Waals surface area contributed by atoms with Crippen LogP contribution in [0.25, 0.3) is 5.69 Å². The fourth-order valence-electron chi connectivity index (χ4n) is 1.09. The van der Waals surface area contributed by atoms with Crippen LogP contribution in [0, 0.1) is 0 Å². The van der Waals surface area contributed by atoms with E-state index in [-0.39, 0.29) is 5.95 Å². The molecule has 14 heavy (non-hydrogen) atoms. The van der Waals surface area contributed by atoms with Gasteiger partial charge in [-0.3, -0.25) is 0 Å². The first kappa shape index (κ1) is 9.30. The highest BCUT2D eigenvalue weighted by molar-refractivity contribution is 6.35. The standard InChI is InChI=1S/C8H6Cl2N4/c9-5-1-2-7(6(10)3-5)14-8(11)12-4-13-14/h1-4H,(H2,11,12,13). The number of anilines is 1. The molecule has 0 saturated carbocycles. The van der Waals surface area contributed by atoms with Crippen molar-refractivity contribution in [2.45, 2.75) is 0 Å². The number of rotatable bonds is 1. The molecule has 6 heteroatoms. The van der Waals surface area contributed by atoms with Crippen LogP contribution in [0.2, 0.25) is 10.0 Å². The molecule has 2 aromatic rings. The van der Waals surface area contributed by atoms with Crippen LogP contribution < -0.4 is 5.73 Å². The summed E-state index contributed by atoms with van der Waals surface area (Å²) in [7, 11) is 0. The van der Waals surface area contributed by atoms with E-state index in [1.54, 1.807) is 18.2 Å². The molecular formula is C8H6Cl2N4. The summed E-state index contributed by atoms with van der Waals surface area (Å²) in [6.45, 7) is 0. The fourth-order valence-corrected chi connectivity index (χ4v) is 1.58. The van der Waals surface area contributed by atoms with E-state index in [1.165, 1.54) is 11.0 Å². The van der Waals surface area contributed by atoms with Crippen molar-refractivity contribution in [2.24, 2.45) is 0 Å². The van der Waals surface area contributed by atoms with Crippen LogP contribution in [0.1, 0.15) is 0 Å². The van der Waals surface area contributed by atoms with Gasteiger partial charge in [0.2, 0.25) is 5.95 Å². The molecule has 72 valence electrons. The van der Waals surface area contributed by atoms with Crippen LogP contribution in [-0.2, 0) is 0 Å². The summed E-state index contributed by atoms with van der Waals surface area (Å²) in [6.07, 6.45) is 1.36. The molecule has 0 amide bonds. The van der Waals surface area contributed by atoms with Crippen LogP contribution >= 0.6 is 23.2 Å².